The van der Waals surface area contributed by atoms with Crippen LogP contribution in [0.15, 0.2) is 28.5 Å². The third-order valence-corrected chi connectivity index (χ3v) is 4.90. The molecule has 1 aromatic carbocycles. The summed E-state index contributed by atoms with van der Waals surface area (Å²) in [5.74, 6) is -0.747. The summed E-state index contributed by atoms with van der Waals surface area (Å²) in [6, 6.07) is 3.41. The predicted octanol–water partition coefficient (Wildman–Crippen LogP) is 1.69. The number of hydrogen-bond acceptors (Lipinski definition) is 5. The Balaban J connectivity index is 2.02. The molecule has 2 aromatic rings. The SMILES string of the molecule is Cc1nc(CCNS(=O)(=O)c2ccc(N)c(F)c2)cs1. The van der Waals surface area contributed by atoms with Gasteiger partial charge in [-0.2, -0.15) is 0 Å². The van der Waals surface area contributed by atoms with Gasteiger partial charge in [0.05, 0.1) is 21.3 Å². The minimum Gasteiger partial charge on any atom is -0.396 e. The third kappa shape index (κ3) is 3.53. The molecule has 0 saturated heterocycles. The van der Waals surface area contributed by atoms with Crippen LogP contribution >= 0.6 is 11.3 Å². The zero-order valence-electron chi connectivity index (χ0n) is 10.8. The molecule has 0 radical (unpaired) electrons. The maximum atomic E-state index is 13.3. The van der Waals surface area contributed by atoms with E-state index in [1.807, 2.05) is 12.3 Å². The normalized spacial score (nSPS) is 11.7. The van der Waals surface area contributed by atoms with Crippen LogP contribution in [0.4, 0.5) is 10.1 Å². The number of nitrogens with two attached hydrogens (primary N) is 1. The zero-order chi connectivity index (χ0) is 14.8. The van der Waals surface area contributed by atoms with Gasteiger partial charge < -0.3 is 5.73 Å². The Labute approximate surface area is 120 Å². The van der Waals surface area contributed by atoms with Crippen molar-refractivity contribution in [1.29, 1.82) is 0 Å². The Hall–Kier alpha value is -1.51. The second kappa shape index (κ2) is 5.86. The number of nitrogen functional groups attached to an aromatic ring is 1. The molecule has 0 amide bonds. The van der Waals surface area contributed by atoms with Crippen LogP contribution in [0.2, 0.25) is 0 Å². The molecule has 0 aliphatic heterocycles. The maximum Gasteiger partial charge on any atom is 0.240 e. The van der Waals surface area contributed by atoms with Gasteiger partial charge in [-0.1, -0.05) is 0 Å². The van der Waals surface area contributed by atoms with Gasteiger partial charge in [-0.15, -0.1) is 11.3 Å². The van der Waals surface area contributed by atoms with E-state index in [-0.39, 0.29) is 17.1 Å². The lowest BCUT2D eigenvalue weighted by Crippen LogP contribution is -2.26. The summed E-state index contributed by atoms with van der Waals surface area (Å²) in [5, 5.41) is 2.82. The first-order valence-electron chi connectivity index (χ1n) is 5.84. The van der Waals surface area contributed by atoms with Crippen LogP contribution in [0.1, 0.15) is 10.7 Å². The largest absolute Gasteiger partial charge is 0.396 e. The van der Waals surface area contributed by atoms with E-state index < -0.39 is 15.8 Å². The van der Waals surface area contributed by atoms with Gasteiger partial charge in [-0.25, -0.2) is 22.5 Å². The van der Waals surface area contributed by atoms with Gasteiger partial charge in [-0.05, 0) is 25.1 Å². The minimum absolute atomic E-state index is 0.0816. The van der Waals surface area contributed by atoms with E-state index in [4.69, 9.17) is 5.73 Å². The average Bonchev–Trinajstić information content (AvgIpc) is 2.78. The van der Waals surface area contributed by atoms with Crippen molar-refractivity contribution in [2.24, 2.45) is 0 Å². The van der Waals surface area contributed by atoms with Crippen LogP contribution in [0.25, 0.3) is 0 Å². The number of aromatic nitrogens is 1. The van der Waals surface area contributed by atoms with E-state index in [1.54, 1.807) is 0 Å². The summed E-state index contributed by atoms with van der Waals surface area (Å²) in [6.45, 7) is 2.09. The van der Waals surface area contributed by atoms with Gasteiger partial charge >= 0.3 is 0 Å². The standard InChI is InChI=1S/C12H14FN3O2S2/c1-8-16-9(7-19-8)4-5-15-20(17,18)10-2-3-12(14)11(13)6-10/h2-3,6-7,15H,4-5,14H2,1H3. The molecule has 0 unspecified atom stereocenters. The number of benzene rings is 1. The lowest BCUT2D eigenvalue weighted by Gasteiger charge is -2.06. The Morgan fingerprint density at radius 1 is 1.45 bits per heavy atom. The summed E-state index contributed by atoms with van der Waals surface area (Å²) in [4.78, 5) is 4.10. The van der Waals surface area contributed by atoms with Crippen LogP contribution in [0.5, 0.6) is 0 Å². The molecule has 0 bridgehead atoms. The highest BCUT2D eigenvalue weighted by atomic mass is 32.2. The fraction of sp³-hybridized carbons (Fsp3) is 0.250. The van der Waals surface area contributed by atoms with Gasteiger partial charge in [-0.3, -0.25) is 0 Å². The summed E-state index contributed by atoms with van der Waals surface area (Å²) >= 11 is 1.51. The van der Waals surface area contributed by atoms with E-state index in [1.165, 1.54) is 23.5 Å². The highest BCUT2D eigenvalue weighted by Gasteiger charge is 2.15. The molecule has 0 saturated carbocycles. The first-order valence-corrected chi connectivity index (χ1v) is 8.20. The molecule has 0 fully saturated rings. The van der Waals surface area contributed by atoms with Gasteiger partial charge in [0.1, 0.15) is 5.82 Å². The van der Waals surface area contributed by atoms with Crippen molar-refractivity contribution in [3.8, 4) is 0 Å². The minimum atomic E-state index is -3.73. The highest BCUT2D eigenvalue weighted by Crippen LogP contribution is 2.16. The van der Waals surface area contributed by atoms with Crippen molar-refractivity contribution in [2.75, 3.05) is 12.3 Å². The number of nitrogens with zero attached hydrogens (tertiary/aromatic N) is 1. The average molecular weight is 315 g/mol. The lowest BCUT2D eigenvalue weighted by molar-refractivity contribution is 0.578. The smallest absolute Gasteiger partial charge is 0.240 e. The number of hydrogen-bond donors (Lipinski definition) is 2. The number of rotatable bonds is 5. The van der Waals surface area contributed by atoms with Crippen LogP contribution in [0, 0.1) is 12.7 Å². The van der Waals surface area contributed by atoms with Crippen LogP contribution < -0.4 is 10.5 Å². The van der Waals surface area contributed by atoms with Crippen molar-refractivity contribution in [3.05, 3.63) is 40.1 Å². The van der Waals surface area contributed by atoms with E-state index in [2.05, 4.69) is 9.71 Å². The Morgan fingerprint density at radius 2 is 2.20 bits per heavy atom. The molecule has 0 atom stereocenters. The molecule has 2 rings (SSSR count). The second-order valence-corrected chi connectivity index (χ2v) is 7.02. The Bertz CT molecular complexity index is 713. The molecule has 5 nitrogen and oxygen atoms in total. The number of aryl methyl sites for hydroxylation is 1. The topological polar surface area (TPSA) is 85.1 Å². The molecular formula is C12H14FN3O2S2. The van der Waals surface area contributed by atoms with Gasteiger partial charge in [0.25, 0.3) is 0 Å². The fourth-order valence-corrected chi connectivity index (χ4v) is 3.29. The van der Waals surface area contributed by atoms with E-state index in [0.29, 0.717) is 6.42 Å². The van der Waals surface area contributed by atoms with Crippen molar-refractivity contribution in [3.63, 3.8) is 0 Å². The summed E-state index contributed by atoms with van der Waals surface area (Å²) < 4.78 is 39.6. The molecule has 8 heteroatoms. The molecule has 1 aromatic heterocycles. The zero-order valence-corrected chi connectivity index (χ0v) is 12.4. The van der Waals surface area contributed by atoms with Gasteiger partial charge in [0, 0.05) is 18.3 Å². The third-order valence-electron chi connectivity index (χ3n) is 2.62. The Morgan fingerprint density at radius 3 is 2.80 bits per heavy atom. The van der Waals surface area contributed by atoms with Crippen molar-refractivity contribution in [2.45, 2.75) is 18.2 Å². The number of halogens is 1. The van der Waals surface area contributed by atoms with Gasteiger partial charge in [0.2, 0.25) is 10.0 Å². The highest BCUT2D eigenvalue weighted by molar-refractivity contribution is 7.89. The molecule has 108 valence electrons. The van der Waals surface area contributed by atoms with Crippen molar-refractivity contribution < 1.29 is 12.8 Å². The number of anilines is 1. The summed E-state index contributed by atoms with van der Waals surface area (Å²) in [6.07, 6.45) is 0.487. The van der Waals surface area contributed by atoms with E-state index in [9.17, 15) is 12.8 Å². The monoisotopic (exact) mass is 315 g/mol. The van der Waals surface area contributed by atoms with Crippen LogP contribution in [-0.2, 0) is 16.4 Å². The summed E-state index contributed by atoms with van der Waals surface area (Å²) in [5.41, 5.74) is 6.06. The second-order valence-electron chi connectivity index (χ2n) is 4.19. The first kappa shape index (κ1) is 14.9. The maximum absolute atomic E-state index is 13.3. The van der Waals surface area contributed by atoms with E-state index in [0.717, 1.165) is 16.8 Å². The number of thiazole rings is 1. The molecular weight excluding hydrogens is 301 g/mol. The molecule has 0 aliphatic carbocycles. The molecule has 3 N–H and O–H groups in total. The van der Waals surface area contributed by atoms with Crippen molar-refractivity contribution >= 4 is 27.0 Å². The predicted molar refractivity (Wildman–Crippen MR) is 76.6 cm³/mol. The van der Waals surface area contributed by atoms with Gasteiger partial charge in [0.15, 0.2) is 0 Å². The molecule has 1 heterocycles. The quantitative estimate of drug-likeness (QED) is 0.822. The van der Waals surface area contributed by atoms with Crippen LogP contribution in [0.3, 0.4) is 0 Å². The van der Waals surface area contributed by atoms with Crippen molar-refractivity contribution in [1.82, 2.24) is 9.71 Å². The molecule has 20 heavy (non-hydrogen) atoms. The molecule has 0 spiro atoms. The number of nitrogens with one attached hydrogen (secondary N) is 1. The number of sulfonamides is 1. The lowest BCUT2D eigenvalue weighted by atomic mass is 10.3. The van der Waals surface area contributed by atoms with Crippen LogP contribution in [-0.4, -0.2) is 19.9 Å². The molecule has 0 aliphatic rings. The summed E-state index contributed by atoms with van der Waals surface area (Å²) in [7, 11) is -3.73. The Kier molecular flexibility index (Phi) is 4.36. The van der Waals surface area contributed by atoms with E-state index >= 15 is 0 Å². The fourth-order valence-electron chi connectivity index (χ4n) is 1.59. The first-order chi connectivity index (χ1) is 9.38.